The summed E-state index contributed by atoms with van der Waals surface area (Å²) in [5, 5.41) is 7.09. The van der Waals surface area contributed by atoms with Gasteiger partial charge in [-0.3, -0.25) is 19.6 Å². The Labute approximate surface area is 200 Å². The van der Waals surface area contributed by atoms with E-state index in [1.165, 1.54) is 11.9 Å². The fourth-order valence-electron chi connectivity index (χ4n) is 4.82. The third kappa shape index (κ3) is 3.58. The molecule has 1 atom stereocenters. The lowest BCUT2D eigenvalue weighted by Crippen LogP contribution is -2.24. The number of rotatable bonds is 3. The molecule has 35 heavy (non-hydrogen) atoms. The fraction of sp³-hybridized carbons (Fsp3) is 0.107. The maximum absolute atomic E-state index is 13.5. The fourth-order valence-corrected chi connectivity index (χ4v) is 4.82. The van der Waals surface area contributed by atoms with Gasteiger partial charge in [0, 0.05) is 42.2 Å². The van der Waals surface area contributed by atoms with Crippen LogP contribution in [0.2, 0.25) is 0 Å². The summed E-state index contributed by atoms with van der Waals surface area (Å²) in [6, 6.07) is 23.0. The quantitative estimate of drug-likeness (QED) is 0.418. The molecule has 170 valence electrons. The Morgan fingerprint density at radius 2 is 1.66 bits per heavy atom. The van der Waals surface area contributed by atoms with Crippen molar-refractivity contribution < 1.29 is 4.79 Å². The summed E-state index contributed by atoms with van der Waals surface area (Å²) in [6.45, 7) is 1.49. The standard InChI is InChI=1S/C28H21N5O2/c1-17(34)33-25(19-11-12-22-23(15-19)30-14-13-29-22)16-24(32-33)27-26(18-7-3-2-4-8-18)20-9-5-6-10-21(20)31-28(27)35/h2-15,25H,16H2,1H3,(H,31,35). The van der Waals surface area contributed by atoms with Crippen LogP contribution in [0.4, 0.5) is 0 Å². The minimum Gasteiger partial charge on any atom is -0.321 e. The molecule has 3 heterocycles. The zero-order chi connectivity index (χ0) is 23.9. The lowest BCUT2D eigenvalue weighted by atomic mass is 9.91. The molecule has 1 aliphatic rings. The molecule has 0 spiro atoms. The highest BCUT2D eigenvalue weighted by atomic mass is 16.2. The Kier molecular flexibility index (Phi) is 4.95. The van der Waals surface area contributed by atoms with E-state index in [0.29, 0.717) is 17.7 Å². The highest BCUT2D eigenvalue weighted by Crippen LogP contribution is 2.37. The average molecular weight is 460 g/mol. The van der Waals surface area contributed by atoms with E-state index in [9.17, 15) is 9.59 Å². The number of pyridine rings is 1. The Hall–Kier alpha value is -4.65. The number of amides is 1. The van der Waals surface area contributed by atoms with E-state index in [-0.39, 0.29) is 17.5 Å². The molecule has 0 aliphatic carbocycles. The Bertz CT molecular complexity index is 1690. The molecular weight excluding hydrogens is 438 g/mol. The number of fused-ring (bicyclic) bond motifs is 2. The van der Waals surface area contributed by atoms with Gasteiger partial charge in [0.05, 0.1) is 28.4 Å². The van der Waals surface area contributed by atoms with E-state index in [1.54, 1.807) is 12.4 Å². The van der Waals surface area contributed by atoms with Gasteiger partial charge in [-0.25, -0.2) is 5.01 Å². The first-order valence-corrected chi connectivity index (χ1v) is 11.4. The SMILES string of the molecule is CC(=O)N1N=C(c2c(-c3ccccc3)c3ccccc3[nH]c2=O)CC1c1ccc2nccnc2c1. The summed E-state index contributed by atoms with van der Waals surface area (Å²) < 4.78 is 0. The average Bonchev–Trinajstić information content (AvgIpc) is 3.33. The molecule has 0 radical (unpaired) electrons. The van der Waals surface area contributed by atoms with Crippen molar-refractivity contribution in [1.29, 1.82) is 0 Å². The van der Waals surface area contributed by atoms with Gasteiger partial charge in [-0.2, -0.15) is 5.10 Å². The van der Waals surface area contributed by atoms with Crippen LogP contribution in [0.1, 0.15) is 30.5 Å². The molecule has 1 unspecified atom stereocenters. The van der Waals surface area contributed by atoms with Crippen molar-refractivity contribution in [3.8, 4) is 11.1 Å². The van der Waals surface area contributed by atoms with Crippen molar-refractivity contribution >= 4 is 33.6 Å². The first kappa shape index (κ1) is 20.9. The van der Waals surface area contributed by atoms with Crippen LogP contribution in [0.3, 0.4) is 0 Å². The van der Waals surface area contributed by atoms with Gasteiger partial charge < -0.3 is 4.98 Å². The van der Waals surface area contributed by atoms with Gasteiger partial charge in [-0.15, -0.1) is 0 Å². The topological polar surface area (TPSA) is 91.3 Å². The van der Waals surface area contributed by atoms with Crippen LogP contribution >= 0.6 is 0 Å². The summed E-state index contributed by atoms with van der Waals surface area (Å²) >= 11 is 0. The number of benzene rings is 3. The van der Waals surface area contributed by atoms with E-state index < -0.39 is 0 Å². The molecular formula is C28H21N5O2. The molecule has 0 saturated heterocycles. The van der Waals surface area contributed by atoms with E-state index in [1.807, 2.05) is 72.8 Å². The Morgan fingerprint density at radius 1 is 0.914 bits per heavy atom. The number of hydrogen-bond donors (Lipinski definition) is 1. The second kappa shape index (κ2) is 8.29. The zero-order valence-electron chi connectivity index (χ0n) is 19.0. The maximum atomic E-state index is 13.5. The highest BCUT2D eigenvalue weighted by Gasteiger charge is 2.34. The Balaban J connectivity index is 1.53. The van der Waals surface area contributed by atoms with Crippen LogP contribution in [-0.4, -0.2) is 31.6 Å². The number of para-hydroxylation sites is 1. The monoisotopic (exact) mass is 459 g/mol. The molecule has 0 fully saturated rings. The van der Waals surface area contributed by atoms with Gasteiger partial charge in [0.15, 0.2) is 0 Å². The van der Waals surface area contributed by atoms with Crippen molar-refractivity contribution in [2.24, 2.45) is 5.10 Å². The second-order valence-electron chi connectivity index (χ2n) is 8.55. The molecule has 0 bridgehead atoms. The molecule has 2 aromatic heterocycles. The number of carbonyl (C=O) groups excluding carboxylic acids is 1. The van der Waals surface area contributed by atoms with Crippen LogP contribution in [-0.2, 0) is 4.79 Å². The third-order valence-electron chi connectivity index (χ3n) is 6.38. The van der Waals surface area contributed by atoms with Gasteiger partial charge >= 0.3 is 0 Å². The maximum Gasteiger partial charge on any atom is 0.258 e. The summed E-state index contributed by atoms with van der Waals surface area (Å²) in [4.78, 5) is 37.8. The molecule has 6 rings (SSSR count). The molecule has 1 aliphatic heterocycles. The van der Waals surface area contributed by atoms with Crippen molar-refractivity contribution in [1.82, 2.24) is 20.0 Å². The van der Waals surface area contributed by atoms with Crippen molar-refractivity contribution in [3.05, 3.63) is 107 Å². The predicted octanol–water partition coefficient (Wildman–Crippen LogP) is 4.84. The zero-order valence-corrected chi connectivity index (χ0v) is 19.0. The van der Waals surface area contributed by atoms with Gasteiger partial charge in [0.25, 0.3) is 5.56 Å². The highest BCUT2D eigenvalue weighted by molar-refractivity contribution is 6.12. The number of hydrogen-bond acceptors (Lipinski definition) is 5. The number of nitrogens with zero attached hydrogens (tertiary/aromatic N) is 4. The van der Waals surface area contributed by atoms with Crippen molar-refractivity contribution in [3.63, 3.8) is 0 Å². The Morgan fingerprint density at radius 3 is 2.46 bits per heavy atom. The summed E-state index contributed by atoms with van der Waals surface area (Å²) in [5.41, 5.74) is 5.76. The molecule has 5 aromatic rings. The molecule has 0 saturated carbocycles. The minimum absolute atomic E-state index is 0.192. The van der Waals surface area contributed by atoms with Crippen LogP contribution in [0.5, 0.6) is 0 Å². The number of aromatic amines is 1. The third-order valence-corrected chi connectivity index (χ3v) is 6.38. The van der Waals surface area contributed by atoms with Gasteiger partial charge in [0.2, 0.25) is 5.91 Å². The van der Waals surface area contributed by atoms with Gasteiger partial charge in [-0.05, 0) is 29.3 Å². The van der Waals surface area contributed by atoms with Crippen molar-refractivity contribution in [2.75, 3.05) is 0 Å². The minimum atomic E-state index is -0.344. The van der Waals surface area contributed by atoms with Crippen LogP contribution in [0.15, 0.2) is 95.1 Å². The van der Waals surface area contributed by atoms with Gasteiger partial charge in [0.1, 0.15) is 0 Å². The molecule has 1 amide bonds. The predicted molar refractivity (Wildman–Crippen MR) is 136 cm³/mol. The number of nitrogens with one attached hydrogen (secondary N) is 1. The molecule has 1 N–H and O–H groups in total. The lowest BCUT2D eigenvalue weighted by molar-refractivity contribution is -0.130. The van der Waals surface area contributed by atoms with Gasteiger partial charge in [-0.1, -0.05) is 54.6 Å². The number of carbonyl (C=O) groups is 1. The smallest absolute Gasteiger partial charge is 0.258 e. The summed E-state index contributed by atoms with van der Waals surface area (Å²) in [6.07, 6.45) is 3.70. The summed E-state index contributed by atoms with van der Waals surface area (Å²) in [7, 11) is 0. The van der Waals surface area contributed by atoms with Crippen LogP contribution in [0, 0.1) is 0 Å². The number of hydrazone groups is 1. The van der Waals surface area contributed by atoms with Crippen LogP contribution < -0.4 is 5.56 Å². The molecule has 3 aromatic carbocycles. The largest absolute Gasteiger partial charge is 0.321 e. The number of H-pyrrole nitrogens is 1. The van der Waals surface area contributed by atoms with Crippen LogP contribution in [0.25, 0.3) is 33.1 Å². The normalized spacial score (nSPS) is 15.5. The lowest BCUT2D eigenvalue weighted by Gasteiger charge is -2.20. The number of aromatic nitrogens is 3. The van der Waals surface area contributed by atoms with E-state index in [0.717, 1.165) is 38.6 Å². The first-order chi connectivity index (χ1) is 17.1. The summed E-state index contributed by atoms with van der Waals surface area (Å²) in [5.74, 6) is -0.192. The van der Waals surface area contributed by atoms with E-state index in [2.05, 4.69) is 15.0 Å². The van der Waals surface area contributed by atoms with E-state index in [4.69, 9.17) is 5.10 Å². The van der Waals surface area contributed by atoms with Crippen molar-refractivity contribution in [2.45, 2.75) is 19.4 Å². The molecule has 7 nitrogen and oxygen atoms in total. The molecule has 7 heteroatoms. The second-order valence-corrected chi connectivity index (χ2v) is 8.55. The van der Waals surface area contributed by atoms with E-state index >= 15 is 0 Å². The first-order valence-electron chi connectivity index (χ1n) is 11.4.